The first-order valence-electron chi connectivity index (χ1n) is 8.44. The Morgan fingerprint density at radius 2 is 1.79 bits per heavy atom. The van der Waals surface area contributed by atoms with Crippen molar-refractivity contribution in [3.05, 3.63) is 71.0 Å². The van der Waals surface area contributed by atoms with Gasteiger partial charge in [-0.2, -0.15) is 0 Å². The molecule has 2 aromatic carbocycles. The van der Waals surface area contributed by atoms with Gasteiger partial charge in [-0.1, -0.05) is 51.1 Å². The molecule has 1 heterocycles. The van der Waals surface area contributed by atoms with Gasteiger partial charge in [0.05, 0.1) is 5.92 Å². The van der Waals surface area contributed by atoms with Crippen molar-refractivity contribution in [2.24, 2.45) is 0 Å². The zero-order valence-electron chi connectivity index (χ0n) is 14.8. The molecule has 3 rings (SSSR count). The Labute approximate surface area is 143 Å². The summed E-state index contributed by atoms with van der Waals surface area (Å²) in [5.41, 5.74) is 4.91. The largest absolute Gasteiger partial charge is 0.460 e. The summed E-state index contributed by atoms with van der Waals surface area (Å²) >= 11 is 0. The Hall–Kier alpha value is -2.35. The van der Waals surface area contributed by atoms with Crippen LogP contribution < -0.4 is 0 Å². The number of carbonyl (C=O) groups excluding carboxylic acids is 1. The second kappa shape index (κ2) is 6.27. The van der Waals surface area contributed by atoms with Crippen molar-refractivity contribution in [3.63, 3.8) is 0 Å². The van der Waals surface area contributed by atoms with E-state index >= 15 is 0 Å². The first-order chi connectivity index (χ1) is 11.4. The fraction of sp³-hybridized carbons (Fsp3) is 0.318. The molecule has 3 aromatic rings. The normalized spacial score (nSPS) is 13.2. The number of hydrogen-bond acceptors (Lipinski definition) is 2. The van der Waals surface area contributed by atoms with Crippen LogP contribution in [0.4, 0.5) is 0 Å². The molecule has 1 unspecified atom stereocenters. The summed E-state index contributed by atoms with van der Waals surface area (Å²) < 4.78 is 5.76. The van der Waals surface area contributed by atoms with Crippen molar-refractivity contribution in [1.29, 1.82) is 0 Å². The van der Waals surface area contributed by atoms with Crippen LogP contribution in [0, 0.1) is 0 Å². The molecule has 2 heteroatoms. The Balaban J connectivity index is 1.89. The van der Waals surface area contributed by atoms with Gasteiger partial charge in [0.2, 0.25) is 0 Å². The fourth-order valence-electron chi connectivity index (χ4n) is 2.90. The summed E-state index contributed by atoms with van der Waals surface area (Å²) in [6.45, 7) is 8.56. The van der Waals surface area contributed by atoms with Gasteiger partial charge in [-0.25, -0.2) is 0 Å². The number of carbonyl (C=O) groups is 1. The predicted octanol–water partition coefficient (Wildman–Crippen LogP) is 5.62. The maximum atomic E-state index is 10.9. The van der Waals surface area contributed by atoms with Gasteiger partial charge in [-0.05, 0) is 53.6 Å². The lowest BCUT2D eigenvalue weighted by molar-refractivity contribution is -0.109. The minimum atomic E-state index is -0.204. The molecule has 0 bridgehead atoms. The number of aldehydes is 1. The highest BCUT2D eigenvalue weighted by Gasteiger charge is 2.14. The number of hydrogen-bond donors (Lipinski definition) is 0. The summed E-state index contributed by atoms with van der Waals surface area (Å²) in [7, 11) is 0. The summed E-state index contributed by atoms with van der Waals surface area (Å²) in [5, 5.41) is 1.06. The predicted molar refractivity (Wildman–Crippen MR) is 98.6 cm³/mol. The van der Waals surface area contributed by atoms with Crippen molar-refractivity contribution in [3.8, 4) is 0 Å². The average molecular weight is 320 g/mol. The third-order valence-corrected chi connectivity index (χ3v) is 4.45. The monoisotopic (exact) mass is 320 g/mol. The van der Waals surface area contributed by atoms with Crippen LogP contribution in [-0.4, -0.2) is 6.29 Å². The van der Waals surface area contributed by atoms with Gasteiger partial charge in [-0.15, -0.1) is 0 Å². The molecule has 0 aliphatic heterocycles. The standard InChI is InChI=1S/C22H24O2/c1-15(14-23)21-13-18-11-17(8-9-20(18)24-21)10-16-6-5-7-19(12-16)22(2,3)4/h5-9,11-15H,10H2,1-4H3. The Morgan fingerprint density at radius 3 is 2.50 bits per heavy atom. The van der Waals surface area contributed by atoms with Crippen molar-refractivity contribution in [1.82, 2.24) is 0 Å². The molecular weight excluding hydrogens is 296 g/mol. The third-order valence-electron chi connectivity index (χ3n) is 4.45. The number of rotatable bonds is 4. The molecule has 24 heavy (non-hydrogen) atoms. The molecule has 0 saturated heterocycles. The number of benzene rings is 2. The van der Waals surface area contributed by atoms with Crippen molar-refractivity contribution >= 4 is 17.3 Å². The fourth-order valence-corrected chi connectivity index (χ4v) is 2.90. The van der Waals surface area contributed by atoms with Gasteiger partial charge >= 0.3 is 0 Å². The van der Waals surface area contributed by atoms with Crippen molar-refractivity contribution in [2.75, 3.05) is 0 Å². The van der Waals surface area contributed by atoms with E-state index in [1.54, 1.807) is 0 Å². The van der Waals surface area contributed by atoms with E-state index in [4.69, 9.17) is 4.42 Å². The van der Waals surface area contributed by atoms with Gasteiger partial charge in [0.1, 0.15) is 17.6 Å². The van der Waals surface area contributed by atoms with Gasteiger partial charge in [0, 0.05) is 5.39 Å². The molecule has 1 atom stereocenters. The lowest BCUT2D eigenvalue weighted by Gasteiger charge is -2.19. The molecule has 0 radical (unpaired) electrons. The Bertz CT molecular complexity index is 865. The van der Waals surface area contributed by atoms with E-state index in [-0.39, 0.29) is 11.3 Å². The summed E-state index contributed by atoms with van der Waals surface area (Å²) in [6, 6.07) is 17.0. The minimum absolute atomic E-state index is 0.157. The van der Waals surface area contributed by atoms with E-state index in [0.717, 1.165) is 29.4 Å². The smallest absolute Gasteiger partial charge is 0.134 e. The summed E-state index contributed by atoms with van der Waals surface area (Å²) in [6.07, 6.45) is 1.81. The highest BCUT2D eigenvalue weighted by Crippen LogP contribution is 2.27. The lowest BCUT2D eigenvalue weighted by Crippen LogP contribution is -2.11. The average Bonchev–Trinajstić information content (AvgIpc) is 2.97. The Kier molecular flexibility index (Phi) is 4.31. The highest BCUT2D eigenvalue weighted by molar-refractivity contribution is 5.80. The topological polar surface area (TPSA) is 30.2 Å². The van der Waals surface area contributed by atoms with E-state index < -0.39 is 0 Å². The van der Waals surface area contributed by atoms with E-state index in [0.29, 0.717) is 0 Å². The molecule has 0 N–H and O–H groups in total. The van der Waals surface area contributed by atoms with E-state index in [2.05, 4.69) is 57.2 Å². The Morgan fingerprint density at radius 1 is 1.04 bits per heavy atom. The number of fused-ring (bicyclic) bond motifs is 1. The van der Waals surface area contributed by atoms with Gasteiger partial charge in [0.15, 0.2) is 0 Å². The summed E-state index contributed by atoms with van der Waals surface area (Å²) in [4.78, 5) is 10.9. The molecule has 124 valence electrons. The van der Waals surface area contributed by atoms with Crippen LogP contribution in [0.3, 0.4) is 0 Å². The molecule has 0 spiro atoms. The van der Waals surface area contributed by atoms with E-state index in [1.165, 1.54) is 16.7 Å². The third kappa shape index (κ3) is 3.43. The van der Waals surface area contributed by atoms with E-state index in [9.17, 15) is 4.79 Å². The van der Waals surface area contributed by atoms with Crippen molar-refractivity contribution in [2.45, 2.75) is 45.4 Å². The molecule has 0 aliphatic carbocycles. The highest BCUT2D eigenvalue weighted by atomic mass is 16.3. The molecule has 0 amide bonds. The van der Waals surface area contributed by atoms with E-state index in [1.807, 2.05) is 19.1 Å². The van der Waals surface area contributed by atoms with Gasteiger partial charge in [0.25, 0.3) is 0 Å². The SMILES string of the molecule is CC(C=O)c1cc2cc(Cc3cccc(C(C)(C)C)c3)ccc2o1. The van der Waals surface area contributed by atoms with Gasteiger partial charge in [-0.3, -0.25) is 0 Å². The van der Waals surface area contributed by atoms with Crippen LogP contribution in [0.2, 0.25) is 0 Å². The van der Waals surface area contributed by atoms with Crippen LogP contribution in [0.1, 0.15) is 56.1 Å². The van der Waals surface area contributed by atoms with Crippen LogP contribution >= 0.6 is 0 Å². The second-order valence-electron chi connectivity index (χ2n) is 7.57. The molecule has 0 aliphatic rings. The minimum Gasteiger partial charge on any atom is -0.460 e. The molecular formula is C22H24O2. The summed E-state index contributed by atoms with van der Waals surface area (Å²) in [5.74, 6) is 0.524. The second-order valence-corrected chi connectivity index (χ2v) is 7.57. The molecule has 0 saturated carbocycles. The lowest BCUT2D eigenvalue weighted by atomic mass is 9.85. The van der Waals surface area contributed by atoms with Crippen LogP contribution in [0.5, 0.6) is 0 Å². The van der Waals surface area contributed by atoms with Crippen LogP contribution in [-0.2, 0) is 16.6 Å². The zero-order chi connectivity index (χ0) is 17.3. The van der Waals surface area contributed by atoms with Gasteiger partial charge < -0.3 is 9.21 Å². The maximum Gasteiger partial charge on any atom is 0.134 e. The zero-order valence-corrected chi connectivity index (χ0v) is 14.8. The van der Waals surface area contributed by atoms with Crippen LogP contribution in [0.25, 0.3) is 11.0 Å². The maximum absolute atomic E-state index is 10.9. The first kappa shape index (κ1) is 16.5. The molecule has 1 aromatic heterocycles. The quantitative estimate of drug-likeness (QED) is 0.584. The molecule has 2 nitrogen and oxygen atoms in total. The number of furan rings is 1. The first-order valence-corrected chi connectivity index (χ1v) is 8.44. The molecule has 0 fully saturated rings. The van der Waals surface area contributed by atoms with Crippen LogP contribution in [0.15, 0.2) is 52.9 Å². The van der Waals surface area contributed by atoms with Crippen molar-refractivity contribution < 1.29 is 9.21 Å².